The fourth-order valence-corrected chi connectivity index (χ4v) is 4.06. The summed E-state index contributed by atoms with van der Waals surface area (Å²) in [5.74, 6) is -0.346. The predicted molar refractivity (Wildman–Crippen MR) is 123 cm³/mol. The minimum atomic E-state index is -1.35. The summed E-state index contributed by atoms with van der Waals surface area (Å²) in [6.07, 6.45) is 0.468. The molecular formula is C25H21FN4O3. The number of phenolic OH excluding ortho intramolecular Hbond substituents is 2. The van der Waals surface area contributed by atoms with Gasteiger partial charge < -0.3 is 14.8 Å². The molecule has 0 amide bonds. The maximum absolute atomic E-state index is 14.9. The molecule has 0 saturated heterocycles. The van der Waals surface area contributed by atoms with Crippen molar-refractivity contribution >= 4 is 10.9 Å². The molecule has 0 spiro atoms. The summed E-state index contributed by atoms with van der Waals surface area (Å²) >= 11 is 0. The Morgan fingerprint density at radius 3 is 2.61 bits per heavy atom. The molecule has 3 aromatic carbocycles. The number of H-pyrrole nitrogens is 1. The van der Waals surface area contributed by atoms with Crippen LogP contribution in [0.15, 0.2) is 77.7 Å². The van der Waals surface area contributed by atoms with Crippen LogP contribution in [0.3, 0.4) is 0 Å². The minimum absolute atomic E-state index is 0.103. The summed E-state index contributed by atoms with van der Waals surface area (Å²) in [7, 11) is 1.93. The molecule has 5 rings (SSSR count). The first-order valence-corrected chi connectivity index (χ1v) is 10.4. The first-order valence-electron chi connectivity index (χ1n) is 10.4. The predicted octanol–water partition coefficient (Wildman–Crippen LogP) is 4.38. The van der Waals surface area contributed by atoms with E-state index in [1.54, 1.807) is 36.4 Å². The van der Waals surface area contributed by atoms with Crippen molar-refractivity contribution in [3.05, 3.63) is 94.5 Å². The molecule has 1 unspecified atom stereocenters. The standard InChI is InChI=1S/C25H21FN4O3/c1-29-10-9-16-11-18(7-8-21(16)29)30-24(27-28-25(30)33)19-12-17(22(31)14-23(19)32)13-20(26)15-5-3-2-4-6-15/h2-12,14,20,31-32H,13H2,1H3,(H,28,33). The SMILES string of the molecule is Cn1ccc2cc(-n3c(-c4cc(CC(F)c5ccccc5)c(O)cc4O)n[nH]c3=O)ccc21. The summed E-state index contributed by atoms with van der Waals surface area (Å²) in [6, 6.07) is 18.7. The van der Waals surface area contributed by atoms with Gasteiger partial charge in [0.15, 0.2) is 5.82 Å². The highest BCUT2D eigenvalue weighted by molar-refractivity contribution is 5.82. The van der Waals surface area contributed by atoms with Gasteiger partial charge in [0, 0.05) is 36.6 Å². The summed E-state index contributed by atoms with van der Waals surface area (Å²) in [5, 5.41) is 28.4. The largest absolute Gasteiger partial charge is 0.508 e. The third-order valence-corrected chi connectivity index (χ3v) is 5.80. The van der Waals surface area contributed by atoms with Crippen LogP contribution >= 0.6 is 0 Å². The topological polar surface area (TPSA) is 96.1 Å². The molecule has 0 bridgehead atoms. The Bertz CT molecular complexity index is 1520. The Hall–Kier alpha value is -4.33. The number of halogens is 1. The Morgan fingerprint density at radius 1 is 1.03 bits per heavy atom. The molecule has 166 valence electrons. The number of aromatic hydroxyl groups is 2. The van der Waals surface area contributed by atoms with Gasteiger partial charge in [0.1, 0.15) is 17.7 Å². The molecule has 0 radical (unpaired) electrons. The number of fused-ring (bicyclic) bond motifs is 1. The maximum Gasteiger partial charge on any atom is 0.348 e. The van der Waals surface area contributed by atoms with E-state index in [-0.39, 0.29) is 29.3 Å². The molecule has 1 atom stereocenters. The van der Waals surface area contributed by atoms with Gasteiger partial charge in [-0.15, -0.1) is 0 Å². The fraction of sp³-hybridized carbons (Fsp3) is 0.120. The van der Waals surface area contributed by atoms with Gasteiger partial charge in [-0.2, -0.15) is 5.10 Å². The lowest BCUT2D eigenvalue weighted by molar-refractivity contribution is 0.337. The molecule has 0 aliphatic carbocycles. The van der Waals surface area contributed by atoms with Crippen LogP contribution in [-0.2, 0) is 13.5 Å². The maximum atomic E-state index is 14.9. The van der Waals surface area contributed by atoms with Gasteiger partial charge in [-0.05, 0) is 41.5 Å². The van der Waals surface area contributed by atoms with Crippen LogP contribution < -0.4 is 5.69 Å². The first-order chi connectivity index (χ1) is 15.9. The van der Waals surface area contributed by atoms with Crippen molar-refractivity contribution in [3.63, 3.8) is 0 Å². The van der Waals surface area contributed by atoms with Crippen LogP contribution in [0.1, 0.15) is 17.3 Å². The summed E-state index contributed by atoms with van der Waals surface area (Å²) < 4.78 is 18.2. The Morgan fingerprint density at radius 2 is 1.82 bits per heavy atom. The van der Waals surface area contributed by atoms with Crippen molar-refractivity contribution in [2.75, 3.05) is 0 Å². The van der Waals surface area contributed by atoms with Crippen molar-refractivity contribution in [1.29, 1.82) is 0 Å². The van der Waals surface area contributed by atoms with Crippen molar-refractivity contribution in [2.45, 2.75) is 12.6 Å². The normalized spacial score (nSPS) is 12.3. The summed E-state index contributed by atoms with van der Waals surface area (Å²) in [5.41, 5.74) is 2.06. The average Bonchev–Trinajstić information content (AvgIpc) is 3.38. The molecular weight excluding hydrogens is 423 g/mol. The van der Waals surface area contributed by atoms with E-state index in [0.717, 1.165) is 17.0 Å². The van der Waals surface area contributed by atoms with E-state index in [1.807, 2.05) is 36.0 Å². The van der Waals surface area contributed by atoms with Crippen molar-refractivity contribution in [2.24, 2.45) is 7.05 Å². The molecule has 0 saturated carbocycles. The third kappa shape index (κ3) is 3.65. The van der Waals surface area contributed by atoms with Crippen LogP contribution in [0.5, 0.6) is 11.5 Å². The number of nitrogens with one attached hydrogen (secondary N) is 1. The van der Waals surface area contributed by atoms with E-state index in [0.29, 0.717) is 16.8 Å². The second-order valence-corrected chi connectivity index (χ2v) is 7.94. The quantitative estimate of drug-likeness (QED) is 0.375. The molecule has 3 N–H and O–H groups in total. The number of alkyl halides is 1. The number of aromatic nitrogens is 4. The lowest BCUT2D eigenvalue weighted by atomic mass is 9.99. The first kappa shape index (κ1) is 20.6. The highest BCUT2D eigenvalue weighted by Gasteiger charge is 2.21. The fourth-order valence-electron chi connectivity index (χ4n) is 4.06. The number of benzene rings is 3. The molecule has 0 aliphatic rings. The Balaban J connectivity index is 1.58. The smallest absolute Gasteiger partial charge is 0.348 e. The zero-order chi connectivity index (χ0) is 23.1. The number of phenols is 2. The van der Waals surface area contributed by atoms with Crippen LogP contribution in [0.25, 0.3) is 28.0 Å². The van der Waals surface area contributed by atoms with Crippen LogP contribution in [0.2, 0.25) is 0 Å². The highest BCUT2D eigenvalue weighted by atomic mass is 19.1. The zero-order valence-corrected chi connectivity index (χ0v) is 17.7. The van der Waals surface area contributed by atoms with Gasteiger partial charge in [0.2, 0.25) is 0 Å². The van der Waals surface area contributed by atoms with Gasteiger partial charge >= 0.3 is 5.69 Å². The number of rotatable bonds is 5. The van der Waals surface area contributed by atoms with Crippen molar-refractivity contribution < 1.29 is 14.6 Å². The highest BCUT2D eigenvalue weighted by Crippen LogP contribution is 2.37. The Kier molecular flexibility index (Phi) is 4.97. The monoisotopic (exact) mass is 444 g/mol. The van der Waals surface area contributed by atoms with E-state index in [2.05, 4.69) is 10.2 Å². The molecule has 0 aliphatic heterocycles. The number of aromatic amines is 1. The summed E-state index contributed by atoms with van der Waals surface area (Å²) in [4.78, 5) is 12.6. The number of hydrogen-bond acceptors (Lipinski definition) is 4. The van der Waals surface area contributed by atoms with Gasteiger partial charge in [-0.1, -0.05) is 30.3 Å². The Labute approximate surface area is 188 Å². The van der Waals surface area contributed by atoms with Crippen molar-refractivity contribution in [1.82, 2.24) is 19.3 Å². The molecule has 0 fully saturated rings. The van der Waals surface area contributed by atoms with E-state index < -0.39 is 11.9 Å². The van der Waals surface area contributed by atoms with E-state index >= 15 is 0 Å². The van der Waals surface area contributed by atoms with Gasteiger partial charge in [-0.25, -0.2) is 18.9 Å². The number of hydrogen-bond donors (Lipinski definition) is 3. The van der Waals surface area contributed by atoms with Crippen LogP contribution in [0, 0.1) is 0 Å². The number of nitrogens with zero attached hydrogens (tertiary/aromatic N) is 3. The molecule has 7 nitrogen and oxygen atoms in total. The molecule has 2 aromatic heterocycles. The molecule has 8 heteroatoms. The van der Waals surface area contributed by atoms with E-state index in [4.69, 9.17) is 0 Å². The van der Waals surface area contributed by atoms with Gasteiger partial charge in [-0.3, -0.25) is 0 Å². The molecule has 2 heterocycles. The average molecular weight is 444 g/mol. The van der Waals surface area contributed by atoms with Crippen LogP contribution in [0.4, 0.5) is 4.39 Å². The van der Waals surface area contributed by atoms with E-state index in [9.17, 15) is 19.4 Å². The zero-order valence-electron chi connectivity index (χ0n) is 17.7. The number of aryl methyl sites for hydroxylation is 1. The lowest BCUT2D eigenvalue weighted by Gasteiger charge is -2.13. The third-order valence-electron chi connectivity index (χ3n) is 5.80. The van der Waals surface area contributed by atoms with E-state index in [1.165, 1.54) is 10.6 Å². The molecule has 33 heavy (non-hydrogen) atoms. The second-order valence-electron chi connectivity index (χ2n) is 7.94. The van der Waals surface area contributed by atoms with Crippen molar-refractivity contribution in [3.8, 4) is 28.6 Å². The lowest BCUT2D eigenvalue weighted by Crippen LogP contribution is -2.15. The minimum Gasteiger partial charge on any atom is -0.508 e. The van der Waals surface area contributed by atoms with Crippen LogP contribution in [-0.4, -0.2) is 29.5 Å². The van der Waals surface area contributed by atoms with Gasteiger partial charge in [0.05, 0.1) is 11.3 Å². The second kappa shape index (κ2) is 7.98. The summed E-state index contributed by atoms with van der Waals surface area (Å²) in [6.45, 7) is 0. The van der Waals surface area contributed by atoms with Gasteiger partial charge in [0.25, 0.3) is 0 Å². The molecule has 5 aromatic rings.